The topological polar surface area (TPSA) is 74.1 Å². The fourth-order valence-electron chi connectivity index (χ4n) is 2.93. The maximum Gasteiger partial charge on any atom is 0.227 e. The zero-order chi connectivity index (χ0) is 17.0. The van der Waals surface area contributed by atoms with Crippen LogP contribution in [0.2, 0.25) is 0 Å². The maximum atomic E-state index is 12.7. The third-order valence-electron chi connectivity index (χ3n) is 4.15. The molecule has 0 saturated carbocycles. The van der Waals surface area contributed by atoms with Gasteiger partial charge in [0.05, 0.1) is 11.8 Å². The second kappa shape index (κ2) is 6.91. The molecular weight excluding hydrogens is 290 g/mol. The van der Waals surface area contributed by atoms with Gasteiger partial charge in [-0.3, -0.25) is 14.6 Å². The number of ketones is 1. The molecule has 0 unspecified atom stereocenters. The number of nitrogens with zero attached hydrogens (tertiary/aromatic N) is 3. The van der Waals surface area contributed by atoms with Crippen LogP contribution in [-0.2, 0) is 9.59 Å². The van der Waals surface area contributed by atoms with Crippen LogP contribution in [0.4, 0.5) is 0 Å². The number of likely N-dealkylation sites (tertiary alicyclic amines) is 1. The van der Waals surface area contributed by atoms with Crippen LogP contribution in [0, 0.1) is 22.7 Å². The Kier molecular flexibility index (Phi) is 5.15. The summed E-state index contributed by atoms with van der Waals surface area (Å²) >= 11 is 0. The van der Waals surface area contributed by atoms with Crippen molar-refractivity contribution in [1.82, 2.24) is 9.88 Å². The van der Waals surface area contributed by atoms with Gasteiger partial charge in [0.1, 0.15) is 5.92 Å². The highest BCUT2D eigenvalue weighted by Gasteiger charge is 2.36. The zero-order valence-corrected chi connectivity index (χ0v) is 14.0. The summed E-state index contributed by atoms with van der Waals surface area (Å²) in [7, 11) is 0. The van der Waals surface area contributed by atoms with Crippen molar-refractivity contribution in [3.63, 3.8) is 0 Å². The molecule has 0 N–H and O–H groups in total. The Hall–Kier alpha value is -2.22. The first kappa shape index (κ1) is 17.1. The number of rotatable bonds is 3. The predicted molar refractivity (Wildman–Crippen MR) is 86.4 cm³/mol. The van der Waals surface area contributed by atoms with Crippen LogP contribution >= 0.6 is 0 Å². The van der Waals surface area contributed by atoms with Crippen molar-refractivity contribution in [3.8, 4) is 6.07 Å². The van der Waals surface area contributed by atoms with Crippen LogP contribution < -0.4 is 0 Å². The second-order valence-corrected chi connectivity index (χ2v) is 7.06. The SMILES string of the molecule is CC(C)(C)C(=O)N1CCC[C@H](C(=O)[C@H](C#N)c2ccccn2)C1. The molecule has 0 spiro atoms. The number of carbonyl (C=O) groups excluding carboxylic acids is 2. The lowest BCUT2D eigenvalue weighted by Gasteiger charge is -2.36. The molecule has 0 aromatic carbocycles. The average Bonchev–Trinajstić information content (AvgIpc) is 2.55. The number of aromatic nitrogens is 1. The molecular formula is C18H23N3O2. The first-order valence-electron chi connectivity index (χ1n) is 7.98. The molecule has 0 radical (unpaired) electrons. The lowest BCUT2D eigenvalue weighted by atomic mass is 9.84. The Balaban J connectivity index is 2.13. The lowest BCUT2D eigenvalue weighted by molar-refractivity contribution is -0.142. The highest BCUT2D eigenvalue weighted by molar-refractivity contribution is 5.91. The number of hydrogen-bond donors (Lipinski definition) is 0. The van der Waals surface area contributed by atoms with E-state index in [0.717, 1.165) is 12.8 Å². The third-order valence-corrected chi connectivity index (χ3v) is 4.15. The van der Waals surface area contributed by atoms with E-state index >= 15 is 0 Å². The predicted octanol–water partition coefficient (Wildman–Crippen LogP) is 2.54. The van der Waals surface area contributed by atoms with E-state index in [1.165, 1.54) is 0 Å². The molecule has 1 aromatic rings. The van der Waals surface area contributed by atoms with E-state index in [-0.39, 0.29) is 17.6 Å². The fraction of sp³-hybridized carbons (Fsp3) is 0.556. The normalized spacial score (nSPS) is 19.7. The molecule has 2 heterocycles. The molecule has 1 fully saturated rings. The third kappa shape index (κ3) is 3.95. The van der Waals surface area contributed by atoms with Gasteiger partial charge in [-0.15, -0.1) is 0 Å². The average molecular weight is 313 g/mol. The summed E-state index contributed by atoms with van der Waals surface area (Å²) in [6, 6.07) is 7.31. The monoisotopic (exact) mass is 313 g/mol. The van der Waals surface area contributed by atoms with Gasteiger partial charge in [-0.05, 0) is 25.0 Å². The Bertz CT molecular complexity index is 613. The Morgan fingerprint density at radius 2 is 2.13 bits per heavy atom. The summed E-state index contributed by atoms with van der Waals surface area (Å²) in [6.45, 7) is 6.73. The number of hydrogen-bond acceptors (Lipinski definition) is 4. The molecule has 122 valence electrons. The summed E-state index contributed by atoms with van der Waals surface area (Å²) in [4.78, 5) is 31.1. The van der Waals surface area contributed by atoms with E-state index in [9.17, 15) is 14.9 Å². The summed E-state index contributed by atoms with van der Waals surface area (Å²) in [5.74, 6) is -1.22. The molecule has 1 saturated heterocycles. The van der Waals surface area contributed by atoms with Crippen molar-refractivity contribution >= 4 is 11.7 Å². The molecule has 1 aliphatic heterocycles. The summed E-state index contributed by atoms with van der Waals surface area (Å²) in [5, 5.41) is 9.39. The van der Waals surface area contributed by atoms with Crippen molar-refractivity contribution in [3.05, 3.63) is 30.1 Å². The number of amides is 1. The minimum Gasteiger partial charge on any atom is -0.342 e. The van der Waals surface area contributed by atoms with Crippen molar-refractivity contribution in [2.75, 3.05) is 13.1 Å². The highest BCUT2D eigenvalue weighted by Crippen LogP contribution is 2.27. The van der Waals surface area contributed by atoms with E-state index in [1.54, 1.807) is 29.3 Å². The van der Waals surface area contributed by atoms with Gasteiger partial charge in [-0.2, -0.15) is 5.26 Å². The van der Waals surface area contributed by atoms with E-state index in [4.69, 9.17) is 0 Å². The van der Waals surface area contributed by atoms with Crippen LogP contribution in [0.3, 0.4) is 0 Å². The molecule has 23 heavy (non-hydrogen) atoms. The lowest BCUT2D eigenvalue weighted by Crippen LogP contribution is -2.47. The van der Waals surface area contributed by atoms with Gasteiger partial charge in [0.15, 0.2) is 5.78 Å². The Morgan fingerprint density at radius 1 is 1.39 bits per heavy atom. The molecule has 2 rings (SSSR count). The molecule has 0 aliphatic carbocycles. The highest BCUT2D eigenvalue weighted by atomic mass is 16.2. The molecule has 0 bridgehead atoms. The number of Topliss-reactive ketones (excluding diaryl/α,β-unsaturated/α-hetero) is 1. The van der Waals surface area contributed by atoms with E-state index in [2.05, 4.69) is 11.1 Å². The van der Waals surface area contributed by atoms with Crippen LogP contribution in [0.5, 0.6) is 0 Å². The van der Waals surface area contributed by atoms with E-state index in [0.29, 0.717) is 18.8 Å². The van der Waals surface area contributed by atoms with Crippen LogP contribution in [0.15, 0.2) is 24.4 Å². The number of piperidine rings is 1. The molecule has 5 heteroatoms. The van der Waals surface area contributed by atoms with E-state index in [1.807, 2.05) is 20.8 Å². The molecule has 1 amide bonds. The van der Waals surface area contributed by atoms with Crippen molar-refractivity contribution in [2.45, 2.75) is 39.5 Å². The Morgan fingerprint density at radius 3 is 2.70 bits per heavy atom. The number of nitriles is 1. The smallest absolute Gasteiger partial charge is 0.227 e. The first-order chi connectivity index (χ1) is 10.8. The fourth-order valence-corrected chi connectivity index (χ4v) is 2.93. The van der Waals surface area contributed by atoms with Gasteiger partial charge in [0, 0.05) is 30.6 Å². The Labute approximate surface area is 137 Å². The minimum atomic E-state index is -0.856. The van der Waals surface area contributed by atoms with Gasteiger partial charge >= 0.3 is 0 Å². The van der Waals surface area contributed by atoms with Crippen LogP contribution in [0.25, 0.3) is 0 Å². The second-order valence-electron chi connectivity index (χ2n) is 7.06. The van der Waals surface area contributed by atoms with Gasteiger partial charge in [-0.25, -0.2) is 0 Å². The van der Waals surface area contributed by atoms with Gasteiger partial charge in [-0.1, -0.05) is 26.8 Å². The van der Waals surface area contributed by atoms with Gasteiger partial charge < -0.3 is 4.90 Å². The molecule has 5 nitrogen and oxygen atoms in total. The summed E-state index contributed by atoms with van der Waals surface area (Å²) < 4.78 is 0. The van der Waals surface area contributed by atoms with Crippen molar-refractivity contribution in [2.24, 2.45) is 11.3 Å². The molecule has 1 aliphatic rings. The quantitative estimate of drug-likeness (QED) is 0.859. The minimum absolute atomic E-state index is 0.0568. The van der Waals surface area contributed by atoms with Gasteiger partial charge in [0.2, 0.25) is 5.91 Å². The summed E-state index contributed by atoms with van der Waals surface area (Å²) in [6.07, 6.45) is 3.10. The van der Waals surface area contributed by atoms with Crippen LogP contribution in [-0.4, -0.2) is 34.7 Å². The maximum absolute atomic E-state index is 12.7. The van der Waals surface area contributed by atoms with E-state index < -0.39 is 11.3 Å². The van der Waals surface area contributed by atoms with Crippen molar-refractivity contribution < 1.29 is 9.59 Å². The van der Waals surface area contributed by atoms with Crippen LogP contribution in [0.1, 0.15) is 45.2 Å². The largest absolute Gasteiger partial charge is 0.342 e. The number of carbonyl (C=O) groups is 2. The zero-order valence-electron chi connectivity index (χ0n) is 14.0. The standard InChI is InChI=1S/C18H23N3O2/c1-18(2,3)17(23)21-10-6-7-13(12-21)16(22)14(11-19)15-8-4-5-9-20-15/h4-5,8-9,13-14H,6-7,10,12H2,1-3H3/t13-,14+/m0/s1. The first-order valence-corrected chi connectivity index (χ1v) is 7.98. The van der Waals surface area contributed by atoms with Crippen molar-refractivity contribution in [1.29, 1.82) is 5.26 Å². The molecule has 2 atom stereocenters. The van der Waals surface area contributed by atoms with Gasteiger partial charge in [0.25, 0.3) is 0 Å². The summed E-state index contributed by atoms with van der Waals surface area (Å²) in [5.41, 5.74) is 0.0277. The number of pyridine rings is 1. The molecule has 1 aromatic heterocycles.